The van der Waals surface area contributed by atoms with E-state index in [2.05, 4.69) is 0 Å². The fraction of sp³-hybridized carbons (Fsp3) is 0. The summed E-state index contributed by atoms with van der Waals surface area (Å²) in [4.78, 5) is 51.3. The van der Waals surface area contributed by atoms with Crippen molar-refractivity contribution in [2.24, 2.45) is 0 Å². The Hall–Kier alpha value is 2.67. The maximum Gasteiger partial charge on any atom is 2.00 e. The average molecular weight is 517 g/mol. The van der Waals surface area contributed by atoms with E-state index in [-0.39, 0.29) is 94.8 Å². The summed E-state index contributed by atoms with van der Waals surface area (Å²) in [6.45, 7) is 0. The first-order valence-electron chi connectivity index (χ1n) is 1.46. The van der Waals surface area contributed by atoms with Gasteiger partial charge in [0.15, 0.2) is 0 Å². The minimum absolute atomic E-state index is 0. The summed E-state index contributed by atoms with van der Waals surface area (Å²) in [5.41, 5.74) is 0. The van der Waals surface area contributed by atoms with Crippen LogP contribution >= 0.6 is 15.6 Å². The molecule has 5 radical (unpaired) electrons. The fourth-order valence-corrected chi connectivity index (χ4v) is 0. The quantitative estimate of drug-likeness (QED) is 0.281. The van der Waals surface area contributed by atoms with Crippen molar-refractivity contribution in [1.82, 2.24) is 0 Å². The first-order valence-corrected chi connectivity index (χ1v) is 4.38. The molecule has 115 valence electrons. The Morgan fingerprint density at radius 2 is 0.471 bits per heavy atom. The molecule has 0 bridgehead atoms. The van der Waals surface area contributed by atoms with Gasteiger partial charge in [0, 0.05) is 0 Å². The third-order valence-corrected chi connectivity index (χ3v) is 0. The molecule has 0 unspecified atom stereocenters. The predicted octanol–water partition coefficient (Wildman–Crippen LogP) is -5.90. The van der Waals surface area contributed by atoms with Gasteiger partial charge in [-0.3, -0.25) is 0 Å². The molecule has 0 saturated carbocycles. The molecular formula is Co5O10P2. The zero-order valence-corrected chi connectivity index (χ0v) is 13.6. The van der Waals surface area contributed by atoms with Crippen LogP contribution in [0, 0.1) is 0 Å². The van der Waals surface area contributed by atoms with Crippen LogP contribution in [0.3, 0.4) is 0 Å². The summed E-state index contributed by atoms with van der Waals surface area (Å²) >= 11 is 0. The molecule has 0 aromatic rings. The number of hydrogen-bond donors (Lipinski definition) is 0. The van der Waals surface area contributed by atoms with Crippen molar-refractivity contribution in [1.29, 1.82) is 0 Å². The largest absolute Gasteiger partial charge is 2.00 e. The molecule has 0 aliphatic carbocycles. The third kappa shape index (κ3) is 727. The van der Waals surface area contributed by atoms with Crippen LogP contribution in [0.2, 0.25) is 0 Å². The van der Waals surface area contributed by atoms with E-state index in [1.165, 1.54) is 0 Å². The molecule has 0 saturated heterocycles. The van der Waals surface area contributed by atoms with Gasteiger partial charge in [-0.1, -0.05) is 0 Å². The normalized spacial score (nSPS) is 6.94. The van der Waals surface area contributed by atoms with Crippen LogP contribution in [0.15, 0.2) is 0 Å². The molecule has 0 fully saturated rings. The van der Waals surface area contributed by atoms with E-state index < -0.39 is 15.6 Å². The van der Waals surface area contributed by atoms with Crippen molar-refractivity contribution in [3.05, 3.63) is 0 Å². The second-order valence-electron chi connectivity index (χ2n) is 0.894. The zero-order chi connectivity index (χ0) is 9.00. The van der Waals surface area contributed by atoms with Crippen LogP contribution in [0.1, 0.15) is 0 Å². The minimum Gasteiger partial charge on any atom is -2.00 e. The summed E-state index contributed by atoms with van der Waals surface area (Å²) in [5.74, 6) is 0. The van der Waals surface area contributed by atoms with E-state index in [4.69, 9.17) is 38.5 Å². The maximum absolute atomic E-state index is 8.55. The summed E-state index contributed by atoms with van der Waals surface area (Å²) in [6.07, 6.45) is 0. The monoisotopic (exact) mass is 517 g/mol. The van der Waals surface area contributed by atoms with Gasteiger partial charge in [-0.2, -0.15) is 15.6 Å². The minimum atomic E-state index is -5.39. The molecule has 0 amide bonds. The molecule has 0 spiro atoms. The Balaban J connectivity index is -0.00000000762. The Labute approximate surface area is 148 Å². The molecule has 10 nitrogen and oxygen atoms in total. The van der Waals surface area contributed by atoms with Gasteiger partial charge in [-0.25, -0.2) is 0 Å². The first-order chi connectivity index (χ1) is 4.00. The molecule has 0 N–H and O–H groups in total. The van der Waals surface area contributed by atoms with Crippen LogP contribution in [0.25, 0.3) is 0 Å². The molecule has 0 heterocycles. The van der Waals surface area contributed by atoms with Gasteiger partial charge in [0.05, 0.1) is 0 Å². The molecule has 17 heavy (non-hydrogen) atoms. The van der Waals surface area contributed by atoms with Crippen LogP contribution < -0.4 is 29.4 Å². The Morgan fingerprint density at radius 3 is 0.471 bits per heavy atom. The van der Waals surface area contributed by atoms with Gasteiger partial charge < -0.3 is 49.4 Å². The van der Waals surface area contributed by atoms with E-state index in [0.29, 0.717) is 0 Å². The Bertz CT molecular complexity index is 135. The number of phosphoric acid groups is 2. The van der Waals surface area contributed by atoms with Crippen molar-refractivity contribution in [3.63, 3.8) is 0 Å². The topological polar surface area (TPSA) is 230 Å². The zero-order valence-electron chi connectivity index (χ0n) is 6.64. The van der Waals surface area contributed by atoms with E-state index in [9.17, 15) is 0 Å². The van der Waals surface area contributed by atoms with Crippen LogP contribution in [-0.2, 0) is 104 Å². The van der Waals surface area contributed by atoms with Gasteiger partial charge in [-0.15, -0.1) is 0 Å². The van der Waals surface area contributed by atoms with Gasteiger partial charge in [0.25, 0.3) is 0 Å². The molecule has 0 atom stereocenters. The molecule has 0 aromatic heterocycles. The van der Waals surface area contributed by atoms with Gasteiger partial charge >= 0.3 is 83.9 Å². The molecule has 0 aliphatic rings. The van der Waals surface area contributed by atoms with Gasteiger partial charge in [0.2, 0.25) is 0 Å². The molecule has 0 rings (SSSR count). The summed E-state index contributed by atoms with van der Waals surface area (Å²) in [6, 6.07) is 0. The van der Waals surface area contributed by atoms with Crippen LogP contribution in [0.5, 0.6) is 0 Å². The van der Waals surface area contributed by atoms with E-state index in [0.717, 1.165) is 0 Å². The van der Waals surface area contributed by atoms with E-state index in [1.54, 1.807) is 0 Å². The SMILES string of the molecule is O=P([O-])([O-])[O-].O=P([O-])([O-])[O-].[Co+2].[Co+2].[Co+2].[Co+2].[Co+2].[O-2].[O-2]. The van der Waals surface area contributed by atoms with E-state index in [1.807, 2.05) is 0 Å². The summed E-state index contributed by atoms with van der Waals surface area (Å²) in [5, 5.41) is 0. The van der Waals surface area contributed by atoms with Crippen molar-refractivity contribution in [3.8, 4) is 0 Å². The molecule has 0 aromatic carbocycles. The Morgan fingerprint density at radius 1 is 0.471 bits per heavy atom. The maximum atomic E-state index is 8.55. The smallest absolute Gasteiger partial charge is 2.00 e. The van der Waals surface area contributed by atoms with Crippen molar-refractivity contribution in [2.45, 2.75) is 0 Å². The summed E-state index contributed by atoms with van der Waals surface area (Å²) in [7, 11) is -10.8. The van der Waals surface area contributed by atoms with Gasteiger partial charge in [-0.05, 0) is 0 Å². The van der Waals surface area contributed by atoms with Gasteiger partial charge in [0.1, 0.15) is 0 Å². The number of hydrogen-bond acceptors (Lipinski definition) is 8. The molecule has 0 aliphatic heterocycles. The van der Waals surface area contributed by atoms with Crippen molar-refractivity contribution in [2.75, 3.05) is 0 Å². The van der Waals surface area contributed by atoms with Crippen molar-refractivity contribution < 1.29 is 133 Å². The standard InChI is InChI=1S/5Co.2H3O4P.2O/c;;;;;2*1-5(2,3)4;;/h;;;;;2*(H3,1,2,3,4);;/q5*+2;;;2*-2/p-6. The van der Waals surface area contributed by atoms with Crippen LogP contribution in [0.4, 0.5) is 0 Å². The summed E-state index contributed by atoms with van der Waals surface area (Å²) < 4.78 is 17.1. The second kappa shape index (κ2) is 27.1. The predicted molar refractivity (Wildman–Crippen MR) is 16.6 cm³/mol. The molecule has 17 heteroatoms. The molecular weight excluding hydrogens is 517 g/mol. The van der Waals surface area contributed by atoms with Crippen molar-refractivity contribution >= 4 is 15.6 Å². The number of rotatable bonds is 0. The first kappa shape index (κ1) is 60.2. The van der Waals surface area contributed by atoms with E-state index >= 15 is 0 Å². The average Bonchev–Trinajstić information content (AvgIpc) is 1.12. The third-order valence-electron chi connectivity index (χ3n) is 0. The van der Waals surface area contributed by atoms with Crippen LogP contribution in [-0.4, -0.2) is 0 Å². The Kier molecular flexibility index (Phi) is 96.0. The fourth-order valence-electron chi connectivity index (χ4n) is 0. The second-order valence-corrected chi connectivity index (χ2v) is 2.68.